The molecule has 0 unspecified atom stereocenters. The molecule has 4 aromatic rings. The van der Waals surface area contributed by atoms with Gasteiger partial charge in [-0.15, -0.1) is 0 Å². The lowest BCUT2D eigenvalue weighted by Gasteiger charge is -2.47. The van der Waals surface area contributed by atoms with E-state index in [1.165, 1.54) is 6.33 Å². The summed E-state index contributed by atoms with van der Waals surface area (Å²) < 4.78 is 3.52. The van der Waals surface area contributed by atoms with Crippen LogP contribution >= 0.6 is 0 Å². The van der Waals surface area contributed by atoms with Gasteiger partial charge in [0.25, 0.3) is 0 Å². The highest BCUT2D eigenvalue weighted by Crippen LogP contribution is 2.37. The van der Waals surface area contributed by atoms with Crippen LogP contribution in [0, 0.1) is 11.3 Å². The Balaban J connectivity index is 1.63. The lowest BCUT2D eigenvalue weighted by atomic mass is 9.96. The van der Waals surface area contributed by atoms with Crippen molar-refractivity contribution in [3.8, 4) is 28.5 Å². The quantitative estimate of drug-likeness (QED) is 0.490. The largest absolute Gasteiger partial charge is 0.382 e. The second-order valence-corrected chi connectivity index (χ2v) is 9.50. The Kier molecular flexibility index (Phi) is 5.20. The highest BCUT2D eigenvalue weighted by Gasteiger charge is 2.36. The Hall–Kier alpha value is -4.39. The molecule has 1 fully saturated rings. The summed E-state index contributed by atoms with van der Waals surface area (Å²) >= 11 is 0. The summed E-state index contributed by atoms with van der Waals surface area (Å²) in [6, 6.07) is 10.1. The summed E-state index contributed by atoms with van der Waals surface area (Å²) in [7, 11) is 1.86. The van der Waals surface area contributed by atoms with Gasteiger partial charge in [-0.05, 0) is 32.0 Å². The molecule has 1 aliphatic rings. The fourth-order valence-electron chi connectivity index (χ4n) is 5.05. The molecule has 178 valence electrons. The van der Waals surface area contributed by atoms with E-state index in [0.29, 0.717) is 36.5 Å². The van der Waals surface area contributed by atoms with Crippen molar-refractivity contribution in [2.45, 2.75) is 26.3 Å². The number of nitriles is 1. The van der Waals surface area contributed by atoms with Crippen LogP contribution in [0.1, 0.15) is 26.3 Å². The first kappa shape index (κ1) is 22.4. The van der Waals surface area contributed by atoms with Gasteiger partial charge in [0.1, 0.15) is 17.9 Å². The number of nitrogen functional groups attached to an aromatic ring is 1. The lowest BCUT2D eigenvalue weighted by molar-refractivity contribution is -0.134. The molecule has 10 heteroatoms. The number of aryl methyl sites for hydroxylation is 1. The van der Waals surface area contributed by atoms with Crippen molar-refractivity contribution < 1.29 is 4.79 Å². The molecule has 0 radical (unpaired) electrons. The zero-order valence-electron chi connectivity index (χ0n) is 20.2. The Morgan fingerprint density at radius 3 is 2.63 bits per heavy atom. The number of benzene rings is 1. The predicted octanol–water partition coefficient (Wildman–Crippen LogP) is 2.70. The van der Waals surface area contributed by atoms with Gasteiger partial charge in [0, 0.05) is 56.5 Å². The monoisotopic (exact) mass is 469 g/mol. The van der Waals surface area contributed by atoms with E-state index in [1.54, 1.807) is 22.3 Å². The zero-order valence-corrected chi connectivity index (χ0v) is 20.2. The van der Waals surface area contributed by atoms with E-state index in [1.807, 2.05) is 42.4 Å². The molecular weight excluding hydrogens is 442 g/mol. The van der Waals surface area contributed by atoms with Crippen LogP contribution in [0.2, 0.25) is 0 Å². The molecule has 3 aromatic heterocycles. The highest BCUT2D eigenvalue weighted by atomic mass is 16.2. The minimum Gasteiger partial charge on any atom is -0.382 e. The minimum atomic E-state index is -0.357. The van der Waals surface area contributed by atoms with Crippen molar-refractivity contribution in [3.63, 3.8) is 0 Å². The van der Waals surface area contributed by atoms with Crippen LogP contribution in [0.3, 0.4) is 0 Å². The van der Waals surface area contributed by atoms with Crippen molar-refractivity contribution in [1.29, 1.82) is 5.26 Å². The molecule has 0 atom stereocenters. The number of nitrogens with two attached hydrogens (primary N) is 1. The van der Waals surface area contributed by atoms with E-state index in [9.17, 15) is 10.1 Å². The molecule has 10 nitrogen and oxygen atoms in total. The Morgan fingerprint density at radius 2 is 1.97 bits per heavy atom. The average molecular weight is 470 g/mol. The Bertz CT molecular complexity index is 1490. The number of hydrogen-bond donors (Lipinski definition) is 1. The van der Waals surface area contributed by atoms with Crippen molar-refractivity contribution in [3.05, 3.63) is 48.5 Å². The Morgan fingerprint density at radius 1 is 1.17 bits per heavy atom. The van der Waals surface area contributed by atoms with E-state index in [2.05, 4.69) is 40.0 Å². The number of aromatic nitrogens is 5. The molecule has 0 spiro atoms. The van der Waals surface area contributed by atoms with Crippen LogP contribution in [0.25, 0.3) is 27.9 Å². The number of carbonyl (C=O) groups excluding carboxylic acids is 1. The molecular formula is C25H27N9O. The van der Waals surface area contributed by atoms with E-state index >= 15 is 0 Å². The molecule has 1 saturated heterocycles. The molecule has 0 bridgehead atoms. The number of fused-ring (bicyclic) bond motifs is 1. The smallest absolute Gasteiger partial charge is 0.220 e. The van der Waals surface area contributed by atoms with Crippen LogP contribution in [-0.4, -0.2) is 60.4 Å². The van der Waals surface area contributed by atoms with Crippen LogP contribution < -0.4 is 10.6 Å². The third kappa shape index (κ3) is 3.75. The second-order valence-electron chi connectivity index (χ2n) is 9.50. The zero-order chi connectivity index (χ0) is 24.9. The molecule has 2 N–H and O–H groups in total. The normalized spacial score (nSPS) is 15.4. The van der Waals surface area contributed by atoms with Gasteiger partial charge in [0.2, 0.25) is 5.91 Å². The van der Waals surface area contributed by atoms with E-state index in [0.717, 1.165) is 28.1 Å². The first-order valence-corrected chi connectivity index (χ1v) is 11.4. The highest BCUT2D eigenvalue weighted by molar-refractivity contribution is 5.92. The molecule has 0 aliphatic carbocycles. The van der Waals surface area contributed by atoms with E-state index < -0.39 is 0 Å². The summed E-state index contributed by atoms with van der Waals surface area (Å²) in [5, 5.41) is 18.6. The maximum Gasteiger partial charge on any atom is 0.220 e. The molecule has 5 rings (SSSR count). The van der Waals surface area contributed by atoms with E-state index in [4.69, 9.17) is 5.73 Å². The first-order chi connectivity index (χ1) is 16.7. The third-order valence-electron chi connectivity index (χ3n) is 6.64. The van der Waals surface area contributed by atoms with Crippen LogP contribution in [-0.2, 0) is 11.8 Å². The van der Waals surface area contributed by atoms with Crippen molar-refractivity contribution >= 4 is 22.9 Å². The van der Waals surface area contributed by atoms with Crippen molar-refractivity contribution in [2.75, 3.05) is 30.3 Å². The standard InChI is InChI=1S/C25H27N9O/c1-16(35)33-8-7-32(14-25(33,2)3)21-9-17(5-6-18(21)11-26)22-10-20(19-12-29-31(4)13-19)23-24(27)28-15-30-34(22)23/h5-6,9-10,12-13,15H,7-8,14H2,1-4H3,(H2,27,28,30). The molecule has 0 saturated carbocycles. The topological polar surface area (TPSA) is 121 Å². The van der Waals surface area contributed by atoms with E-state index in [-0.39, 0.29) is 11.4 Å². The number of hydrogen-bond acceptors (Lipinski definition) is 7. The van der Waals surface area contributed by atoms with Crippen molar-refractivity contribution in [1.82, 2.24) is 29.3 Å². The third-order valence-corrected chi connectivity index (χ3v) is 6.64. The number of carbonyl (C=O) groups is 1. The van der Waals surface area contributed by atoms with Gasteiger partial charge in [-0.25, -0.2) is 9.50 Å². The Labute approximate surface area is 203 Å². The van der Waals surface area contributed by atoms with Gasteiger partial charge < -0.3 is 15.5 Å². The lowest BCUT2D eigenvalue weighted by Crippen LogP contribution is -2.60. The molecule has 1 aromatic carbocycles. The number of amides is 1. The number of rotatable bonds is 3. The number of nitrogens with zero attached hydrogens (tertiary/aromatic N) is 8. The van der Waals surface area contributed by atoms with Crippen LogP contribution in [0.15, 0.2) is 43.0 Å². The van der Waals surface area contributed by atoms with Crippen molar-refractivity contribution in [2.24, 2.45) is 7.05 Å². The number of anilines is 2. The fourth-order valence-corrected chi connectivity index (χ4v) is 5.05. The average Bonchev–Trinajstić information content (AvgIpc) is 3.42. The SMILES string of the molecule is CC(=O)N1CCN(c2cc(-c3cc(-c4cnn(C)c4)c4c(N)ncnn34)ccc2C#N)CC1(C)C. The summed E-state index contributed by atoms with van der Waals surface area (Å²) in [6.07, 6.45) is 5.14. The van der Waals surface area contributed by atoms with Gasteiger partial charge >= 0.3 is 0 Å². The maximum absolute atomic E-state index is 12.1. The summed E-state index contributed by atoms with van der Waals surface area (Å²) in [6.45, 7) is 7.57. The predicted molar refractivity (Wildman–Crippen MR) is 133 cm³/mol. The molecule has 1 aliphatic heterocycles. The second kappa shape index (κ2) is 8.13. The van der Waals surface area contributed by atoms with Crippen LogP contribution in [0.5, 0.6) is 0 Å². The summed E-state index contributed by atoms with van der Waals surface area (Å²) in [4.78, 5) is 20.4. The first-order valence-electron chi connectivity index (χ1n) is 11.4. The van der Waals surface area contributed by atoms with Crippen LogP contribution in [0.4, 0.5) is 11.5 Å². The molecule has 1 amide bonds. The van der Waals surface area contributed by atoms with Gasteiger partial charge in [-0.2, -0.15) is 15.5 Å². The maximum atomic E-state index is 12.1. The van der Waals surface area contributed by atoms with Gasteiger partial charge in [-0.1, -0.05) is 6.07 Å². The summed E-state index contributed by atoms with van der Waals surface area (Å²) in [5.74, 6) is 0.435. The van der Waals surface area contributed by atoms with Gasteiger partial charge in [-0.3, -0.25) is 9.48 Å². The molecule has 4 heterocycles. The summed E-state index contributed by atoms with van der Waals surface area (Å²) in [5.41, 5.74) is 11.6. The molecule has 35 heavy (non-hydrogen) atoms. The van der Waals surface area contributed by atoms with Gasteiger partial charge in [0.15, 0.2) is 5.82 Å². The fraction of sp³-hybridized carbons (Fsp3) is 0.320. The van der Waals surface area contributed by atoms with Gasteiger partial charge in [0.05, 0.1) is 28.7 Å². The number of piperazine rings is 1. The minimum absolute atomic E-state index is 0.0590.